The Balaban J connectivity index is 2.14. The second-order valence-corrected chi connectivity index (χ2v) is 6.82. The third-order valence-electron chi connectivity index (χ3n) is 4.21. The number of rotatable bonds is 8. The number of aromatic nitrogens is 1. The molecule has 7 nitrogen and oxygen atoms in total. The highest BCUT2D eigenvalue weighted by molar-refractivity contribution is 5.95. The summed E-state index contributed by atoms with van der Waals surface area (Å²) in [6, 6.07) is 8.34. The van der Waals surface area contributed by atoms with Crippen LogP contribution in [-0.2, 0) is 4.74 Å². The first kappa shape index (κ1) is 22.2. The van der Waals surface area contributed by atoms with Crippen LogP contribution in [0, 0.1) is 6.92 Å². The number of pyridine rings is 1. The summed E-state index contributed by atoms with van der Waals surface area (Å²) in [5.74, 6) is 0.466. The van der Waals surface area contributed by atoms with Gasteiger partial charge < -0.3 is 19.5 Å². The maximum atomic E-state index is 12.6. The van der Waals surface area contributed by atoms with E-state index in [4.69, 9.17) is 14.2 Å². The first-order valence-electron chi connectivity index (χ1n) is 9.57. The maximum Gasteiger partial charge on any atom is 0.339 e. The third kappa shape index (κ3) is 5.70. The topological polar surface area (TPSA) is 86.8 Å². The van der Waals surface area contributed by atoms with E-state index in [1.807, 2.05) is 39.0 Å². The van der Waals surface area contributed by atoms with E-state index in [2.05, 4.69) is 10.3 Å². The lowest BCUT2D eigenvalue weighted by Crippen LogP contribution is -2.28. The van der Waals surface area contributed by atoms with Gasteiger partial charge in [0.2, 0.25) is 0 Å². The van der Waals surface area contributed by atoms with Crippen molar-refractivity contribution in [3.8, 4) is 11.5 Å². The number of hydrogen-bond donors (Lipinski definition) is 1. The first-order valence-corrected chi connectivity index (χ1v) is 9.57. The Morgan fingerprint density at radius 2 is 1.83 bits per heavy atom. The maximum absolute atomic E-state index is 12.6. The average Bonchev–Trinajstić information content (AvgIpc) is 2.67. The molecule has 0 bridgehead atoms. The Labute approximate surface area is 171 Å². The predicted octanol–water partition coefficient (Wildman–Crippen LogP) is 3.85. The molecule has 1 aromatic heterocycles. The van der Waals surface area contributed by atoms with Gasteiger partial charge in [-0.3, -0.25) is 4.79 Å². The van der Waals surface area contributed by atoms with Gasteiger partial charge in [-0.1, -0.05) is 6.07 Å². The van der Waals surface area contributed by atoms with Gasteiger partial charge in [0.15, 0.2) is 11.5 Å². The molecule has 0 saturated heterocycles. The summed E-state index contributed by atoms with van der Waals surface area (Å²) in [6.45, 7) is 9.44. The Morgan fingerprint density at radius 3 is 2.41 bits per heavy atom. The monoisotopic (exact) mass is 400 g/mol. The van der Waals surface area contributed by atoms with Gasteiger partial charge in [0.25, 0.3) is 5.91 Å². The predicted molar refractivity (Wildman–Crippen MR) is 110 cm³/mol. The van der Waals surface area contributed by atoms with Crippen molar-refractivity contribution >= 4 is 11.9 Å². The number of amides is 1. The van der Waals surface area contributed by atoms with Gasteiger partial charge in [0.1, 0.15) is 5.69 Å². The zero-order chi connectivity index (χ0) is 21.6. The number of carbonyl (C=O) groups is 2. The van der Waals surface area contributed by atoms with Gasteiger partial charge in [-0.2, -0.15) is 0 Å². The van der Waals surface area contributed by atoms with E-state index in [9.17, 15) is 9.59 Å². The molecule has 1 unspecified atom stereocenters. The summed E-state index contributed by atoms with van der Waals surface area (Å²) in [5.41, 5.74) is 1.89. The van der Waals surface area contributed by atoms with Crippen LogP contribution in [-0.4, -0.2) is 36.7 Å². The molecule has 1 aromatic carbocycles. The van der Waals surface area contributed by atoms with E-state index >= 15 is 0 Å². The van der Waals surface area contributed by atoms with Gasteiger partial charge in [0.05, 0.1) is 37.1 Å². The number of benzene rings is 1. The molecule has 0 aliphatic carbocycles. The van der Waals surface area contributed by atoms with E-state index in [0.29, 0.717) is 22.8 Å². The summed E-state index contributed by atoms with van der Waals surface area (Å²) in [6.07, 6.45) is 0.0266. The minimum absolute atomic E-state index is 0.0266. The second-order valence-electron chi connectivity index (χ2n) is 6.82. The Kier molecular flexibility index (Phi) is 7.59. The van der Waals surface area contributed by atoms with Crippen LogP contribution < -0.4 is 14.8 Å². The van der Waals surface area contributed by atoms with Crippen molar-refractivity contribution in [2.75, 3.05) is 13.7 Å². The van der Waals surface area contributed by atoms with Gasteiger partial charge >= 0.3 is 5.97 Å². The molecule has 0 spiro atoms. The summed E-state index contributed by atoms with van der Waals surface area (Å²) >= 11 is 0. The molecule has 1 amide bonds. The number of carbonyl (C=O) groups excluding carboxylic acids is 2. The number of nitrogens with zero attached hydrogens (tertiary/aromatic N) is 1. The molecule has 1 heterocycles. The normalized spacial score (nSPS) is 11.7. The largest absolute Gasteiger partial charge is 0.493 e. The van der Waals surface area contributed by atoms with E-state index in [1.54, 1.807) is 27.0 Å². The molecule has 0 saturated carbocycles. The van der Waals surface area contributed by atoms with Crippen molar-refractivity contribution in [2.45, 2.75) is 46.8 Å². The molecule has 2 aromatic rings. The highest BCUT2D eigenvalue weighted by Gasteiger charge is 2.18. The van der Waals surface area contributed by atoms with E-state index in [1.165, 1.54) is 6.07 Å². The Bertz CT molecular complexity index is 880. The van der Waals surface area contributed by atoms with Crippen LogP contribution in [0.5, 0.6) is 11.5 Å². The van der Waals surface area contributed by atoms with Crippen LogP contribution in [0.25, 0.3) is 0 Å². The average molecular weight is 400 g/mol. The van der Waals surface area contributed by atoms with Crippen LogP contribution in [0.1, 0.15) is 65.8 Å². The molecule has 0 aliphatic heterocycles. The van der Waals surface area contributed by atoms with Crippen LogP contribution >= 0.6 is 0 Å². The summed E-state index contributed by atoms with van der Waals surface area (Å²) < 4.78 is 16.1. The molecule has 1 atom stereocenters. The standard InChI is InChI=1S/C22H28N2O5/c1-7-28-22(26)17-9-10-18(23-15(17)5)21(25)24-14(4)16-8-11-19(29-13(2)3)20(12-16)27-6/h8-14H,7H2,1-6H3,(H,24,25). The van der Waals surface area contributed by atoms with Crippen molar-refractivity contribution in [3.05, 3.63) is 52.8 Å². The zero-order valence-electron chi connectivity index (χ0n) is 17.7. The Morgan fingerprint density at radius 1 is 1.10 bits per heavy atom. The molecule has 0 aliphatic rings. The fourth-order valence-electron chi connectivity index (χ4n) is 2.77. The minimum Gasteiger partial charge on any atom is -0.493 e. The molecule has 0 radical (unpaired) electrons. The highest BCUT2D eigenvalue weighted by Crippen LogP contribution is 2.31. The van der Waals surface area contributed by atoms with Gasteiger partial charge in [-0.05, 0) is 64.4 Å². The number of hydrogen-bond acceptors (Lipinski definition) is 6. The van der Waals surface area contributed by atoms with Crippen LogP contribution in [0.2, 0.25) is 0 Å². The fourth-order valence-corrected chi connectivity index (χ4v) is 2.77. The number of esters is 1. The van der Waals surface area contributed by atoms with E-state index in [0.717, 1.165) is 5.56 Å². The van der Waals surface area contributed by atoms with Crippen molar-refractivity contribution in [2.24, 2.45) is 0 Å². The molecule has 0 fully saturated rings. The lowest BCUT2D eigenvalue weighted by molar-refractivity contribution is 0.0524. The van der Waals surface area contributed by atoms with E-state index in [-0.39, 0.29) is 30.4 Å². The van der Waals surface area contributed by atoms with Crippen LogP contribution in [0.3, 0.4) is 0 Å². The van der Waals surface area contributed by atoms with Crippen molar-refractivity contribution in [1.82, 2.24) is 10.3 Å². The zero-order valence-corrected chi connectivity index (χ0v) is 17.7. The molecule has 1 N–H and O–H groups in total. The molecule has 29 heavy (non-hydrogen) atoms. The quantitative estimate of drug-likeness (QED) is 0.677. The molecule has 2 rings (SSSR count). The van der Waals surface area contributed by atoms with Crippen molar-refractivity contribution < 1.29 is 23.8 Å². The van der Waals surface area contributed by atoms with Crippen molar-refractivity contribution in [1.29, 1.82) is 0 Å². The minimum atomic E-state index is -0.450. The van der Waals surface area contributed by atoms with Crippen molar-refractivity contribution in [3.63, 3.8) is 0 Å². The number of ether oxygens (including phenoxy) is 3. The third-order valence-corrected chi connectivity index (χ3v) is 4.21. The van der Waals surface area contributed by atoms with Gasteiger partial charge in [-0.15, -0.1) is 0 Å². The summed E-state index contributed by atoms with van der Waals surface area (Å²) in [5, 5.41) is 2.91. The molecule has 7 heteroatoms. The van der Waals surface area contributed by atoms with Crippen LogP contribution in [0.4, 0.5) is 0 Å². The van der Waals surface area contributed by atoms with Gasteiger partial charge in [0, 0.05) is 0 Å². The highest BCUT2D eigenvalue weighted by atomic mass is 16.5. The Hall–Kier alpha value is -3.09. The van der Waals surface area contributed by atoms with E-state index < -0.39 is 5.97 Å². The summed E-state index contributed by atoms with van der Waals surface area (Å²) in [7, 11) is 1.58. The first-order chi connectivity index (χ1) is 13.8. The molecular formula is C22H28N2O5. The molecular weight excluding hydrogens is 372 g/mol. The smallest absolute Gasteiger partial charge is 0.339 e. The number of nitrogens with one attached hydrogen (secondary N) is 1. The van der Waals surface area contributed by atoms with Crippen LogP contribution in [0.15, 0.2) is 30.3 Å². The lowest BCUT2D eigenvalue weighted by atomic mass is 10.1. The SMILES string of the molecule is CCOC(=O)c1ccc(C(=O)NC(C)c2ccc(OC(C)C)c(OC)c2)nc1C. The fraction of sp³-hybridized carbons (Fsp3) is 0.409. The number of methoxy groups -OCH3 is 1. The second kappa shape index (κ2) is 9.91. The summed E-state index contributed by atoms with van der Waals surface area (Å²) in [4.78, 5) is 28.7. The van der Waals surface area contributed by atoms with Gasteiger partial charge in [-0.25, -0.2) is 9.78 Å². The molecule has 156 valence electrons. The number of aryl methyl sites for hydroxylation is 1. The lowest BCUT2D eigenvalue weighted by Gasteiger charge is -2.18.